The first-order chi connectivity index (χ1) is 16.8. The molecule has 0 radical (unpaired) electrons. The number of imidazole rings is 1. The monoisotopic (exact) mass is 484 g/mol. The molecule has 12 heteroatoms. The number of esters is 3. The minimum Gasteiger partial charge on any atom is -0.463 e. The maximum Gasteiger partial charge on any atom is 0.303 e. The number of fused-ring (bicyclic) bond motifs is 1. The predicted molar refractivity (Wildman–Crippen MR) is 118 cm³/mol. The van der Waals surface area contributed by atoms with Crippen molar-refractivity contribution in [1.82, 2.24) is 19.5 Å². The number of benzene rings is 1. The standard InChI is InChI=1S/C23H24N4O8/c1-12(29)32-9-17-20(33-13(2)30)21(34-14(3)31)23(35-17)27-11-26-19-18(24-10-25-22(19)27)16-7-5-4-6-15(16)8-28/h4-7,10-11,17,20-21,23,28H,8-9H2,1-3H3/t17-,20-,21-,23-/m1/s1. The first-order valence-electron chi connectivity index (χ1n) is 10.8. The van der Waals surface area contributed by atoms with Crippen LogP contribution in [0, 0.1) is 0 Å². The van der Waals surface area contributed by atoms with Crippen molar-refractivity contribution >= 4 is 29.1 Å². The summed E-state index contributed by atoms with van der Waals surface area (Å²) in [7, 11) is 0. The van der Waals surface area contributed by atoms with Crippen LogP contribution in [0.2, 0.25) is 0 Å². The van der Waals surface area contributed by atoms with Gasteiger partial charge in [-0.2, -0.15) is 0 Å². The number of hydrogen-bond donors (Lipinski definition) is 1. The first kappa shape index (κ1) is 24.2. The van der Waals surface area contributed by atoms with Crippen molar-refractivity contribution in [2.24, 2.45) is 0 Å². The SMILES string of the molecule is CC(=O)OC[C@H]1O[C@@H](n2cnc3c(-c4ccccc4CO)ncnc32)[C@H](OC(C)=O)[C@@H]1OC(C)=O. The number of aromatic nitrogens is 4. The van der Waals surface area contributed by atoms with Crippen LogP contribution in [0.3, 0.4) is 0 Å². The lowest BCUT2D eigenvalue weighted by atomic mass is 10.0. The third-order valence-electron chi connectivity index (χ3n) is 5.42. The smallest absolute Gasteiger partial charge is 0.303 e. The molecule has 0 aliphatic carbocycles. The maximum atomic E-state index is 11.9. The van der Waals surface area contributed by atoms with Gasteiger partial charge in [0.25, 0.3) is 0 Å². The van der Waals surface area contributed by atoms with Gasteiger partial charge in [0.05, 0.1) is 12.9 Å². The highest BCUT2D eigenvalue weighted by Gasteiger charge is 2.51. The molecule has 1 saturated heterocycles. The molecule has 3 heterocycles. The Bertz CT molecular complexity index is 1260. The molecule has 0 amide bonds. The van der Waals surface area contributed by atoms with Gasteiger partial charge >= 0.3 is 17.9 Å². The number of ether oxygens (including phenoxy) is 4. The first-order valence-corrected chi connectivity index (χ1v) is 10.8. The zero-order valence-corrected chi connectivity index (χ0v) is 19.3. The number of carbonyl (C=O) groups is 3. The highest BCUT2D eigenvalue weighted by atomic mass is 16.7. The molecule has 35 heavy (non-hydrogen) atoms. The van der Waals surface area contributed by atoms with Crippen LogP contribution < -0.4 is 0 Å². The summed E-state index contributed by atoms with van der Waals surface area (Å²) in [6.07, 6.45) is -1.23. The third kappa shape index (κ3) is 4.98. The second-order valence-electron chi connectivity index (χ2n) is 7.88. The molecule has 1 N–H and O–H groups in total. The molecular weight excluding hydrogens is 460 g/mol. The van der Waals surface area contributed by atoms with Crippen molar-refractivity contribution in [3.63, 3.8) is 0 Å². The summed E-state index contributed by atoms with van der Waals surface area (Å²) in [4.78, 5) is 48.2. The fourth-order valence-corrected chi connectivity index (χ4v) is 4.04. The van der Waals surface area contributed by atoms with Gasteiger partial charge in [0.1, 0.15) is 30.2 Å². The highest BCUT2D eigenvalue weighted by Crippen LogP contribution is 2.37. The summed E-state index contributed by atoms with van der Waals surface area (Å²) in [5.41, 5.74) is 2.62. The van der Waals surface area contributed by atoms with Crippen molar-refractivity contribution in [1.29, 1.82) is 0 Å². The molecule has 4 rings (SSSR count). The molecule has 0 saturated carbocycles. The van der Waals surface area contributed by atoms with Crippen LogP contribution in [-0.4, -0.2) is 67.5 Å². The number of rotatable bonds is 7. The zero-order chi connectivity index (χ0) is 25.1. The Labute approximate surface area is 199 Å². The number of nitrogens with zero attached hydrogens (tertiary/aromatic N) is 4. The van der Waals surface area contributed by atoms with E-state index in [9.17, 15) is 19.5 Å². The molecule has 1 aromatic carbocycles. The lowest BCUT2D eigenvalue weighted by molar-refractivity contribution is -0.166. The minimum absolute atomic E-state index is 0.190. The Morgan fingerprint density at radius 3 is 2.40 bits per heavy atom. The molecule has 0 spiro atoms. The van der Waals surface area contributed by atoms with Crippen LogP contribution in [0.15, 0.2) is 36.9 Å². The summed E-state index contributed by atoms with van der Waals surface area (Å²) in [5, 5.41) is 9.75. The van der Waals surface area contributed by atoms with Crippen LogP contribution in [-0.2, 0) is 39.9 Å². The summed E-state index contributed by atoms with van der Waals surface area (Å²) < 4.78 is 23.6. The van der Waals surface area contributed by atoms with Crippen LogP contribution in [0.1, 0.15) is 32.6 Å². The van der Waals surface area contributed by atoms with E-state index in [-0.39, 0.29) is 13.2 Å². The third-order valence-corrected chi connectivity index (χ3v) is 5.42. The Hall–Kier alpha value is -3.90. The van der Waals surface area contributed by atoms with Gasteiger partial charge in [-0.25, -0.2) is 15.0 Å². The second kappa shape index (κ2) is 10.2. The number of aliphatic hydroxyl groups excluding tert-OH is 1. The van der Waals surface area contributed by atoms with E-state index < -0.39 is 42.4 Å². The van der Waals surface area contributed by atoms with E-state index in [1.807, 2.05) is 12.1 Å². The molecule has 0 unspecified atom stereocenters. The average molecular weight is 484 g/mol. The molecule has 3 aromatic rings. The minimum atomic E-state index is -1.07. The average Bonchev–Trinajstić information content (AvgIpc) is 3.38. The maximum absolute atomic E-state index is 11.9. The molecule has 2 aromatic heterocycles. The van der Waals surface area contributed by atoms with Crippen LogP contribution in [0.4, 0.5) is 0 Å². The second-order valence-corrected chi connectivity index (χ2v) is 7.88. The topological polar surface area (TPSA) is 152 Å². The van der Waals surface area contributed by atoms with Crippen molar-refractivity contribution in [3.8, 4) is 11.3 Å². The van der Waals surface area contributed by atoms with Crippen molar-refractivity contribution < 1.29 is 38.4 Å². The van der Waals surface area contributed by atoms with Crippen LogP contribution in [0.5, 0.6) is 0 Å². The quantitative estimate of drug-likeness (QED) is 0.381. The molecule has 12 nitrogen and oxygen atoms in total. The highest BCUT2D eigenvalue weighted by molar-refractivity contribution is 5.88. The molecule has 1 fully saturated rings. The van der Waals surface area contributed by atoms with E-state index in [2.05, 4.69) is 15.0 Å². The molecular formula is C23H24N4O8. The van der Waals surface area contributed by atoms with E-state index >= 15 is 0 Å². The summed E-state index contributed by atoms with van der Waals surface area (Å²) in [5.74, 6) is -1.79. The van der Waals surface area contributed by atoms with Crippen LogP contribution in [0.25, 0.3) is 22.4 Å². The van der Waals surface area contributed by atoms with E-state index in [1.165, 1.54) is 33.4 Å². The zero-order valence-electron chi connectivity index (χ0n) is 19.3. The molecule has 1 aliphatic rings. The lowest BCUT2D eigenvalue weighted by Crippen LogP contribution is -2.40. The largest absolute Gasteiger partial charge is 0.463 e. The molecule has 4 atom stereocenters. The summed E-state index contributed by atoms with van der Waals surface area (Å²) in [6, 6.07) is 7.21. The number of hydrogen-bond acceptors (Lipinski definition) is 11. The lowest BCUT2D eigenvalue weighted by Gasteiger charge is -2.23. The molecule has 184 valence electrons. The van der Waals surface area contributed by atoms with Gasteiger partial charge < -0.3 is 24.1 Å². The number of carbonyl (C=O) groups excluding carboxylic acids is 3. The number of aliphatic hydroxyl groups is 1. The van der Waals surface area contributed by atoms with E-state index in [0.717, 1.165) is 0 Å². The summed E-state index contributed by atoms with van der Waals surface area (Å²) in [6.45, 7) is 3.26. The molecule has 0 bridgehead atoms. The Kier molecular flexibility index (Phi) is 7.03. The van der Waals surface area contributed by atoms with Crippen molar-refractivity contribution in [2.75, 3.05) is 6.61 Å². The Morgan fingerprint density at radius 1 is 1.00 bits per heavy atom. The van der Waals surface area contributed by atoms with E-state index in [4.69, 9.17) is 18.9 Å². The normalized spacial score (nSPS) is 21.6. The Morgan fingerprint density at radius 2 is 1.71 bits per heavy atom. The van der Waals surface area contributed by atoms with Gasteiger partial charge in [0, 0.05) is 26.3 Å². The van der Waals surface area contributed by atoms with E-state index in [0.29, 0.717) is 28.0 Å². The van der Waals surface area contributed by atoms with Crippen LogP contribution >= 0.6 is 0 Å². The van der Waals surface area contributed by atoms with Gasteiger partial charge in [-0.3, -0.25) is 19.0 Å². The van der Waals surface area contributed by atoms with Gasteiger partial charge in [-0.1, -0.05) is 24.3 Å². The van der Waals surface area contributed by atoms with Gasteiger partial charge in [0.2, 0.25) is 0 Å². The van der Waals surface area contributed by atoms with Gasteiger partial charge in [-0.15, -0.1) is 0 Å². The van der Waals surface area contributed by atoms with E-state index in [1.54, 1.807) is 16.7 Å². The Balaban J connectivity index is 1.78. The van der Waals surface area contributed by atoms with Crippen molar-refractivity contribution in [3.05, 3.63) is 42.5 Å². The fraction of sp³-hybridized carbons (Fsp3) is 0.391. The fourth-order valence-electron chi connectivity index (χ4n) is 4.04. The summed E-state index contributed by atoms with van der Waals surface area (Å²) >= 11 is 0. The van der Waals surface area contributed by atoms with Gasteiger partial charge in [-0.05, 0) is 5.56 Å². The van der Waals surface area contributed by atoms with Crippen molar-refractivity contribution in [2.45, 2.75) is 51.9 Å². The molecule has 1 aliphatic heterocycles. The predicted octanol–water partition coefficient (Wildman–Crippen LogP) is 1.31. The van der Waals surface area contributed by atoms with Gasteiger partial charge in [0.15, 0.2) is 24.1 Å².